The third-order valence-corrected chi connectivity index (χ3v) is 4.17. The average molecular weight is 282 g/mol. The van der Waals surface area contributed by atoms with Crippen LogP contribution in [0.25, 0.3) is 0 Å². The molecule has 0 saturated heterocycles. The fraction of sp³-hybridized carbons (Fsp3) is 0.562. The first-order valence-corrected chi connectivity index (χ1v) is 7.42. The van der Waals surface area contributed by atoms with Crippen molar-refractivity contribution in [1.82, 2.24) is 5.32 Å². The van der Waals surface area contributed by atoms with Gasteiger partial charge in [-0.1, -0.05) is 44.4 Å². The molecule has 106 valence electrons. The number of hydrogen-bond donors (Lipinski definition) is 1. The third-order valence-electron chi connectivity index (χ3n) is 3.66. The Kier molecular flexibility index (Phi) is 6.36. The maximum absolute atomic E-state index is 12.2. The van der Waals surface area contributed by atoms with Crippen LogP contribution in [0.5, 0.6) is 0 Å². The van der Waals surface area contributed by atoms with Gasteiger partial charge in [0.1, 0.15) is 0 Å². The van der Waals surface area contributed by atoms with Crippen molar-refractivity contribution in [3.63, 3.8) is 0 Å². The topological polar surface area (TPSA) is 29.1 Å². The molecule has 0 saturated carbocycles. The van der Waals surface area contributed by atoms with Crippen molar-refractivity contribution in [3.8, 4) is 0 Å². The number of alkyl halides is 1. The van der Waals surface area contributed by atoms with Crippen molar-refractivity contribution in [3.05, 3.63) is 34.9 Å². The molecule has 0 aliphatic rings. The second kappa shape index (κ2) is 7.54. The molecule has 0 bridgehead atoms. The quantitative estimate of drug-likeness (QED) is 0.782. The summed E-state index contributed by atoms with van der Waals surface area (Å²) >= 11 is 6.33. The molecule has 0 heterocycles. The Morgan fingerprint density at radius 1 is 1.26 bits per heavy atom. The molecule has 2 nitrogen and oxygen atoms in total. The van der Waals surface area contributed by atoms with E-state index in [4.69, 9.17) is 11.6 Å². The summed E-state index contributed by atoms with van der Waals surface area (Å²) in [5, 5.41) is 2.95. The summed E-state index contributed by atoms with van der Waals surface area (Å²) < 4.78 is 0. The molecule has 1 aromatic carbocycles. The Bertz CT molecular complexity index is 427. The highest BCUT2D eigenvalue weighted by Gasteiger charge is 2.17. The summed E-state index contributed by atoms with van der Waals surface area (Å²) in [5.41, 5.74) is 2.84. The number of hydrogen-bond acceptors (Lipinski definition) is 1. The number of benzene rings is 1. The number of amides is 1. The van der Waals surface area contributed by atoms with Gasteiger partial charge in [-0.25, -0.2) is 0 Å². The van der Waals surface area contributed by atoms with Crippen molar-refractivity contribution >= 4 is 17.5 Å². The Morgan fingerprint density at radius 3 is 2.47 bits per heavy atom. The van der Waals surface area contributed by atoms with Gasteiger partial charge in [-0.2, -0.15) is 0 Å². The SMILES string of the molecule is CCC(CC)C(Cl)CNC(=O)c1cc(C)ccc1C. The molecule has 1 atom stereocenters. The zero-order valence-corrected chi connectivity index (χ0v) is 13.1. The maximum Gasteiger partial charge on any atom is 0.251 e. The molecular formula is C16H24ClNO. The summed E-state index contributed by atoms with van der Waals surface area (Å²) in [6.45, 7) is 8.74. The second-order valence-corrected chi connectivity index (χ2v) is 5.68. The zero-order valence-electron chi connectivity index (χ0n) is 12.3. The number of carbonyl (C=O) groups excluding carboxylic acids is 1. The van der Waals surface area contributed by atoms with Crippen molar-refractivity contribution in [2.24, 2.45) is 5.92 Å². The molecule has 0 aromatic heterocycles. The van der Waals surface area contributed by atoms with Crippen molar-refractivity contribution in [2.45, 2.75) is 45.9 Å². The first-order valence-electron chi connectivity index (χ1n) is 6.99. The lowest BCUT2D eigenvalue weighted by Crippen LogP contribution is -2.33. The average Bonchev–Trinajstić information content (AvgIpc) is 2.40. The van der Waals surface area contributed by atoms with Crippen LogP contribution >= 0.6 is 11.6 Å². The number of rotatable bonds is 6. The van der Waals surface area contributed by atoms with E-state index < -0.39 is 0 Å². The summed E-state index contributed by atoms with van der Waals surface area (Å²) in [6, 6.07) is 5.91. The van der Waals surface area contributed by atoms with Crippen LogP contribution < -0.4 is 5.32 Å². The standard InChI is InChI=1S/C16H24ClNO/c1-5-13(6-2)15(17)10-18-16(19)14-9-11(3)7-8-12(14)4/h7-9,13,15H,5-6,10H2,1-4H3,(H,18,19). The molecule has 0 spiro atoms. The van der Waals surface area contributed by atoms with Crippen LogP contribution in [-0.2, 0) is 0 Å². The van der Waals surface area contributed by atoms with Crippen LogP contribution in [0.15, 0.2) is 18.2 Å². The van der Waals surface area contributed by atoms with Crippen LogP contribution in [0.1, 0.15) is 48.2 Å². The van der Waals surface area contributed by atoms with Crippen LogP contribution in [0, 0.1) is 19.8 Å². The van der Waals surface area contributed by atoms with Gasteiger partial charge >= 0.3 is 0 Å². The predicted molar refractivity (Wildman–Crippen MR) is 82.0 cm³/mol. The number of halogens is 1. The van der Waals surface area contributed by atoms with Crippen LogP contribution in [0.3, 0.4) is 0 Å². The summed E-state index contributed by atoms with van der Waals surface area (Å²) in [6.07, 6.45) is 2.09. The summed E-state index contributed by atoms with van der Waals surface area (Å²) in [7, 11) is 0. The molecule has 0 radical (unpaired) electrons. The number of carbonyl (C=O) groups is 1. The van der Waals surface area contributed by atoms with Crippen molar-refractivity contribution in [1.29, 1.82) is 0 Å². The molecule has 0 aliphatic carbocycles. The van der Waals surface area contributed by atoms with E-state index in [0.29, 0.717) is 12.5 Å². The van der Waals surface area contributed by atoms with E-state index in [-0.39, 0.29) is 11.3 Å². The molecule has 1 rings (SSSR count). The molecule has 1 N–H and O–H groups in total. The minimum Gasteiger partial charge on any atom is -0.351 e. The van der Waals surface area contributed by atoms with Crippen LogP contribution in [0.2, 0.25) is 0 Å². The van der Waals surface area contributed by atoms with Gasteiger partial charge in [-0.05, 0) is 31.4 Å². The third kappa shape index (κ3) is 4.54. The van der Waals surface area contributed by atoms with E-state index >= 15 is 0 Å². The minimum atomic E-state index is -0.0298. The van der Waals surface area contributed by atoms with Gasteiger partial charge in [0.05, 0.1) is 5.38 Å². The van der Waals surface area contributed by atoms with Crippen molar-refractivity contribution in [2.75, 3.05) is 6.54 Å². The summed E-state index contributed by atoms with van der Waals surface area (Å²) in [4.78, 5) is 12.2. The van der Waals surface area contributed by atoms with Gasteiger partial charge < -0.3 is 5.32 Å². The lowest BCUT2D eigenvalue weighted by atomic mass is 9.99. The fourth-order valence-corrected chi connectivity index (χ4v) is 2.67. The molecule has 1 amide bonds. The highest BCUT2D eigenvalue weighted by atomic mass is 35.5. The highest BCUT2D eigenvalue weighted by Crippen LogP contribution is 2.18. The van der Waals surface area contributed by atoms with E-state index in [9.17, 15) is 4.79 Å². The summed E-state index contributed by atoms with van der Waals surface area (Å²) in [5.74, 6) is 0.429. The Labute approximate surface area is 121 Å². The molecule has 0 fully saturated rings. The van der Waals surface area contributed by atoms with E-state index in [0.717, 1.165) is 29.5 Å². The van der Waals surface area contributed by atoms with Crippen LogP contribution in [-0.4, -0.2) is 17.8 Å². The highest BCUT2D eigenvalue weighted by molar-refractivity contribution is 6.21. The van der Waals surface area contributed by atoms with Gasteiger partial charge in [0.25, 0.3) is 5.91 Å². The maximum atomic E-state index is 12.2. The molecule has 3 heteroatoms. The molecular weight excluding hydrogens is 258 g/mol. The minimum absolute atomic E-state index is 0.00376. The Morgan fingerprint density at radius 2 is 1.89 bits per heavy atom. The van der Waals surface area contributed by atoms with E-state index in [1.165, 1.54) is 0 Å². The van der Waals surface area contributed by atoms with Crippen molar-refractivity contribution < 1.29 is 4.79 Å². The predicted octanol–water partition coefficient (Wildman–Crippen LogP) is 4.08. The first-order chi connectivity index (χ1) is 8.99. The lowest BCUT2D eigenvalue weighted by Gasteiger charge is -2.19. The molecule has 1 aromatic rings. The molecule has 19 heavy (non-hydrogen) atoms. The van der Waals surface area contributed by atoms with Crippen LogP contribution in [0.4, 0.5) is 0 Å². The zero-order chi connectivity index (χ0) is 14.4. The number of aryl methyl sites for hydroxylation is 2. The number of nitrogens with one attached hydrogen (secondary N) is 1. The van der Waals surface area contributed by atoms with Gasteiger partial charge in [0, 0.05) is 12.1 Å². The van der Waals surface area contributed by atoms with E-state index in [1.54, 1.807) is 0 Å². The van der Waals surface area contributed by atoms with E-state index in [1.807, 2.05) is 32.0 Å². The van der Waals surface area contributed by atoms with Gasteiger partial charge in [-0.3, -0.25) is 4.79 Å². The second-order valence-electron chi connectivity index (χ2n) is 5.12. The lowest BCUT2D eigenvalue weighted by molar-refractivity contribution is 0.0951. The normalized spacial score (nSPS) is 12.5. The molecule has 1 unspecified atom stereocenters. The molecule has 0 aliphatic heterocycles. The smallest absolute Gasteiger partial charge is 0.251 e. The van der Waals surface area contributed by atoms with Gasteiger partial charge in [0.2, 0.25) is 0 Å². The van der Waals surface area contributed by atoms with Gasteiger partial charge in [-0.15, -0.1) is 11.6 Å². The monoisotopic (exact) mass is 281 g/mol. The first kappa shape index (κ1) is 16.0. The Hall–Kier alpha value is -1.02. The Balaban J connectivity index is 2.63. The van der Waals surface area contributed by atoms with E-state index in [2.05, 4.69) is 19.2 Å². The largest absolute Gasteiger partial charge is 0.351 e. The fourth-order valence-electron chi connectivity index (χ4n) is 2.23. The van der Waals surface area contributed by atoms with Gasteiger partial charge in [0.15, 0.2) is 0 Å².